The average molecular weight is 420 g/mol. The van der Waals surface area contributed by atoms with Gasteiger partial charge in [0.25, 0.3) is 11.8 Å². The standard InChI is InChI=1S/C20H22ClN3O3S/c1-11-12(2)28-19(16(11)17(22)25)23-18(26)14-4-3-9-24(10-14)20(27)13-5-7-15(21)8-6-13/h5-8,14H,3-4,9-10H2,1-2H3,(H2,22,25)(H,23,26). The van der Waals surface area contributed by atoms with E-state index in [1.807, 2.05) is 13.8 Å². The Morgan fingerprint density at radius 2 is 1.89 bits per heavy atom. The Hall–Kier alpha value is -2.38. The molecule has 1 aromatic carbocycles. The van der Waals surface area contributed by atoms with Gasteiger partial charge in [0.05, 0.1) is 11.5 Å². The lowest BCUT2D eigenvalue weighted by atomic mass is 9.96. The molecular formula is C20H22ClN3O3S. The average Bonchev–Trinajstić information content (AvgIpc) is 2.95. The van der Waals surface area contributed by atoms with Crippen molar-refractivity contribution in [3.63, 3.8) is 0 Å². The maximum Gasteiger partial charge on any atom is 0.253 e. The molecule has 3 rings (SSSR count). The number of nitrogens with one attached hydrogen (secondary N) is 1. The number of primary amides is 1. The number of nitrogens with zero attached hydrogens (tertiary/aromatic N) is 1. The molecule has 1 aliphatic heterocycles. The van der Waals surface area contributed by atoms with Crippen LogP contribution in [0.2, 0.25) is 5.02 Å². The number of aryl methyl sites for hydroxylation is 1. The summed E-state index contributed by atoms with van der Waals surface area (Å²) in [5.41, 5.74) is 7.17. The third-order valence-electron chi connectivity index (χ3n) is 5.04. The number of amides is 3. The number of likely N-dealkylation sites (tertiary alicyclic amines) is 1. The van der Waals surface area contributed by atoms with Crippen molar-refractivity contribution in [3.05, 3.63) is 50.9 Å². The first kappa shape index (κ1) is 20.4. The van der Waals surface area contributed by atoms with Crippen LogP contribution in [0.15, 0.2) is 24.3 Å². The minimum Gasteiger partial charge on any atom is -0.365 e. The molecule has 1 saturated heterocycles. The topological polar surface area (TPSA) is 92.5 Å². The fourth-order valence-corrected chi connectivity index (χ4v) is 4.57. The monoisotopic (exact) mass is 419 g/mol. The zero-order valence-electron chi connectivity index (χ0n) is 15.8. The first-order valence-corrected chi connectivity index (χ1v) is 10.2. The maximum atomic E-state index is 12.8. The summed E-state index contributed by atoms with van der Waals surface area (Å²) < 4.78 is 0. The zero-order chi connectivity index (χ0) is 20.4. The molecular weight excluding hydrogens is 398 g/mol. The Morgan fingerprint density at radius 3 is 2.54 bits per heavy atom. The number of rotatable bonds is 4. The first-order valence-electron chi connectivity index (χ1n) is 9.03. The zero-order valence-corrected chi connectivity index (χ0v) is 17.3. The van der Waals surface area contributed by atoms with Crippen molar-refractivity contribution in [2.24, 2.45) is 11.7 Å². The molecule has 1 fully saturated rings. The van der Waals surface area contributed by atoms with Gasteiger partial charge in [-0.05, 0) is 56.5 Å². The molecule has 28 heavy (non-hydrogen) atoms. The molecule has 0 radical (unpaired) electrons. The highest BCUT2D eigenvalue weighted by Crippen LogP contribution is 2.33. The van der Waals surface area contributed by atoms with Crippen LogP contribution >= 0.6 is 22.9 Å². The van der Waals surface area contributed by atoms with Crippen molar-refractivity contribution in [3.8, 4) is 0 Å². The quantitative estimate of drug-likeness (QED) is 0.792. The van der Waals surface area contributed by atoms with Gasteiger partial charge in [0.2, 0.25) is 5.91 Å². The Balaban J connectivity index is 1.71. The number of hydrogen-bond donors (Lipinski definition) is 2. The van der Waals surface area contributed by atoms with E-state index >= 15 is 0 Å². The molecule has 0 spiro atoms. The van der Waals surface area contributed by atoms with Gasteiger partial charge in [-0.1, -0.05) is 11.6 Å². The molecule has 0 bridgehead atoms. The van der Waals surface area contributed by atoms with Gasteiger partial charge < -0.3 is 16.0 Å². The second-order valence-corrected chi connectivity index (χ2v) is 8.60. The molecule has 1 atom stereocenters. The Bertz CT molecular complexity index is 924. The van der Waals surface area contributed by atoms with Crippen molar-refractivity contribution in [2.45, 2.75) is 26.7 Å². The molecule has 1 unspecified atom stereocenters. The van der Waals surface area contributed by atoms with Crippen LogP contribution in [0, 0.1) is 19.8 Å². The van der Waals surface area contributed by atoms with Crippen LogP contribution in [0.3, 0.4) is 0 Å². The summed E-state index contributed by atoms with van der Waals surface area (Å²) in [7, 11) is 0. The summed E-state index contributed by atoms with van der Waals surface area (Å²) in [5.74, 6) is -1.21. The minimum absolute atomic E-state index is 0.116. The molecule has 6 nitrogen and oxygen atoms in total. The van der Waals surface area contributed by atoms with Gasteiger partial charge in [0.1, 0.15) is 5.00 Å². The number of hydrogen-bond acceptors (Lipinski definition) is 4. The van der Waals surface area contributed by atoms with Gasteiger partial charge in [0.15, 0.2) is 0 Å². The van der Waals surface area contributed by atoms with Crippen molar-refractivity contribution in [1.82, 2.24) is 4.90 Å². The van der Waals surface area contributed by atoms with Crippen molar-refractivity contribution in [1.29, 1.82) is 0 Å². The van der Waals surface area contributed by atoms with Gasteiger partial charge in [-0.15, -0.1) is 11.3 Å². The normalized spacial score (nSPS) is 16.7. The molecule has 2 heterocycles. The van der Waals surface area contributed by atoms with Gasteiger partial charge in [0, 0.05) is 28.6 Å². The van der Waals surface area contributed by atoms with Gasteiger partial charge in [-0.2, -0.15) is 0 Å². The number of benzene rings is 1. The second-order valence-electron chi connectivity index (χ2n) is 6.94. The number of anilines is 1. The molecule has 0 saturated carbocycles. The van der Waals surface area contributed by atoms with Crippen LogP contribution in [-0.2, 0) is 4.79 Å². The molecule has 3 N–H and O–H groups in total. The third kappa shape index (κ3) is 4.20. The highest BCUT2D eigenvalue weighted by molar-refractivity contribution is 7.16. The van der Waals surface area contributed by atoms with Crippen LogP contribution in [-0.4, -0.2) is 35.7 Å². The minimum atomic E-state index is -0.555. The Morgan fingerprint density at radius 1 is 1.21 bits per heavy atom. The highest BCUT2D eigenvalue weighted by atomic mass is 35.5. The van der Waals surface area contributed by atoms with Crippen molar-refractivity contribution < 1.29 is 14.4 Å². The van der Waals surface area contributed by atoms with E-state index < -0.39 is 5.91 Å². The van der Waals surface area contributed by atoms with Crippen LogP contribution in [0.5, 0.6) is 0 Å². The fraction of sp³-hybridized carbons (Fsp3) is 0.350. The summed E-state index contributed by atoms with van der Waals surface area (Å²) in [4.78, 5) is 39.9. The molecule has 3 amide bonds. The Kier molecular flexibility index (Phi) is 6.05. The van der Waals surface area contributed by atoms with E-state index in [9.17, 15) is 14.4 Å². The molecule has 0 aliphatic carbocycles. The number of carbonyl (C=O) groups is 3. The van der Waals surface area contributed by atoms with Crippen molar-refractivity contribution in [2.75, 3.05) is 18.4 Å². The lowest BCUT2D eigenvalue weighted by molar-refractivity contribution is -0.121. The molecule has 1 aromatic heterocycles. The molecule has 8 heteroatoms. The SMILES string of the molecule is Cc1sc(NC(=O)C2CCCN(C(=O)c3ccc(Cl)cc3)C2)c(C(N)=O)c1C. The van der Waals surface area contributed by atoms with Crippen LogP contribution < -0.4 is 11.1 Å². The summed E-state index contributed by atoms with van der Waals surface area (Å²) in [6.07, 6.45) is 1.42. The van der Waals surface area contributed by atoms with Crippen molar-refractivity contribution >= 4 is 45.7 Å². The van der Waals surface area contributed by atoms with E-state index in [1.165, 1.54) is 11.3 Å². The van der Waals surface area contributed by atoms with Crippen LogP contribution in [0.1, 0.15) is 44.0 Å². The van der Waals surface area contributed by atoms with Gasteiger partial charge in [-0.25, -0.2) is 0 Å². The van der Waals surface area contributed by atoms with Crippen LogP contribution in [0.25, 0.3) is 0 Å². The predicted molar refractivity (Wildman–Crippen MR) is 111 cm³/mol. The van der Waals surface area contributed by atoms with E-state index in [2.05, 4.69) is 5.32 Å². The number of carbonyl (C=O) groups excluding carboxylic acids is 3. The smallest absolute Gasteiger partial charge is 0.253 e. The van der Waals surface area contributed by atoms with E-state index in [4.69, 9.17) is 17.3 Å². The third-order valence-corrected chi connectivity index (χ3v) is 6.41. The number of halogens is 1. The Labute approximate surface area is 172 Å². The van der Waals surface area contributed by atoms with E-state index in [-0.39, 0.29) is 17.7 Å². The summed E-state index contributed by atoms with van der Waals surface area (Å²) in [6.45, 7) is 4.64. The molecule has 2 aromatic rings. The predicted octanol–water partition coefficient (Wildman–Crippen LogP) is 3.61. The second kappa shape index (κ2) is 8.32. The summed E-state index contributed by atoms with van der Waals surface area (Å²) in [6, 6.07) is 6.72. The van der Waals surface area contributed by atoms with E-state index in [0.717, 1.165) is 16.9 Å². The lowest BCUT2D eigenvalue weighted by Crippen LogP contribution is -2.43. The maximum absolute atomic E-state index is 12.8. The van der Waals surface area contributed by atoms with Gasteiger partial charge >= 0.3 is 0 Å². The molecule has 148 valence electrons. The fourth-order valence-electron chi connectivity index (χ4n) is 3.38. The lowest BCUT2D eigenvalue weighted by Gasteiger charge is -2.32. The number of nitrogens with two attached hydrogens (primary N) is 1. The summed E-state index contributed by atoms with van der Waals surface area (Å²) >= 11 is 7.22. The van der Waals surface area contributed by atoms with E-state index in [1.54, 1.807) is 29.2 Å². The highest BCUT2D eigenvalue weighted by Gasteiger charge is 2.30. The summed E-state index contributed by atoms with van der Waals surface area (Å²) in [5, 5.41) is 3.90. The number of piperidine rings is 1. The first-order chi connectivity index (χ1) is 13.3. The largest absolute Gasteiger partial charge is 0.365 e. The van der Waals surface area contributed by atoms with Crippen LogP contribution in [0.4, 0.5) is 5.00 Å². The van der Waals surface area contributed by atoms with Gasteiger partial charge in [-0.3, -0.25) is 14.4 Å². The number of thiophene rings is 1. The van der Waals surface area contributed by atoms with E-state index in [0.29, 0.717) is 40.7 Å². The molecule has 1 aliphatic rings.